The predicted molar refractivity (Wildman–Crippen MR) is 80.0 cm³/mol. The number of aromatic nitrogens is 1. The highest BCUT2D eigenvalue weighted by atomic mass is 32.1. The molecule has 0 aliphatic carbocycles. The number of carbonyl (C=O) groups excluding carboxylic acids is 2. The van der Waals surface area contributed by atoms with E-state index in [0.29, 0.717) is 30.2 Å². The number of alkyl carbamates (subject to hydrolysis) is 1. The minimum Gasteiger partial charge on any atom is -0.437 e. The zero-order valence-electron chi connectivity index (χ0n) is 13.1. The van der Waals surface area contributed by atoms with Crippen LogP contribution in [0.1, 0.15) is 34.2 Å². The van der Waals surface area contributed by atoms with Gasteiger partial charge in [0, 0.05) is 7.11 Å². The maximum absolute atomic E-state index is 12.6. The lowest BCUT2D eigenvalue weighted by Gasteiger charge is -2.45. The van der Waals surface area contributed by atoms with Gasteiger partial charge >= 0.3 is 6.09 Å². The normalized spacial score (nSPS) is 19.8. The fraction of sp³-hybridized carbons (Fsp3) is 0.643. The van der Waals surface area contributed by atoms with Crippen molar-refractivity contribution in [2.75, 3.05) is 26.7 Å². The molecule has 1 spiro atoms. The molecule has 3 heterocycles. The van der Waals surface area contributed by atoms with Crippen molar-refractivity contribution >= 4 is 23.3 Å². The maximum atomic E-state index is 12.6. The van der Waals surface area contributed by atoms with Crippen LogP contribution in [0.3, 0.4) is 0 Å². The molecule has 8 heteroatoms. The van der Waals surface area contributed by atoms with E-state index in [-0.39, 0.29) is 5.91 Å². The first-order valence-corrected chi connectivity index (χ1v) is 7.87. The summed E-state index contributed by atoms with van der Waals surface area (Å²) in [7, 11) is 1.62. The molecule has 1 aromatic heterocycles. The number of aryl methyl sites for hydroxylation is 1. The van der Waals surface area contributed by atoms with E-state index in [1.807, 2.05) is 20.8 Å². The Bertz CT molecular complexity index is 634. The predicted octanol–water partition coefficient (Wildman–Crippen LogP) is 1.27. The van der Waals surface area contributed by atoms with Gasteiger partial charge in [0.05, 0.1) is 25.3 Å². The van der Waals surface area contributed by atoms with Gasteiger partial charge in [-0.2, -0.15) is 0 Å². The lowest BCUT2D eigenvalue weighted by molar-refractivity contribution is -0.0574. The Morgan fingerprint density at radius 1 is 1.50 bits per heavy atom. The monoisotopic (exact) mass is 325 g/mol. The van der Waals surface area contributed by atoms with Crippen LogP contribution in [-0.4, -0.2) is 54.2 Å². The second-order valence-corrected chi connectivity index (χ2v) is 7.23. The summed E-state index contributed by atoms with van der Waals surface area (Å²) in [4.78, 5) is 30.5. The summed E-state index contributed by atoms with van der Waals surface area (Å²) in [5.74, 6) is -0.0678. The number of methoxy groups -OCH3 is 1. The van der Waals surface area contributed by atoms with Crippen LogP contribution in [0.2, 0.25) is 0 Å². The SMILES string of the molecule is COC(C)(C)c1nc(C)c(C(=O)N2CC3(CNC(=O)O3)C2)s1. The lowest BCUT2D eigenvalue weighted by Crippen LogP contribution is -2.65. The molecule has 0 bridgehead atoms. The molecule has 0 atom stereocenters. The summed E-state index contributed by atoms with van der Waals surface area (Å²) >= 11 is 1.36. The van der Waals surface area contributed by atoms with Crippen LogP contribution in [0.4, 0.5) is 4.79 Å². The molecule has 1 N–H and O–H groups in total. The van der Waals surface area contributed by atoms with E-state index in [2.05, 4.69) is 10.3 Å². The number of amides is 2. The summed E-state index contributed by atoms with van der Waals surface area (Å²) in [5, 5.41) is 3.41. The Labute approximate surface area is 132 Å². The number of rotatable bonds is 3. The number of hydrogen-bond donors (Lipinski definition) is 1. The largest absolute Gasteiger partial charge is 0.437 e. The minimum atomic E-state index is -0.542. The van der Waals surface area contributed by atoms with Crippen molar-refractivity contribution in [2.45, 2.75) is 32.0 Å². The summed E-state index contributed by atoms with van der Waals surface area (Å²) < 4.78 is 10.6. The van der Waals surface area contributed by atoms with Gasteiger partial charge in [-0.1, -0.05) is 0 Å². The van der Waals surface area contributed by atoms with E-state index in [4.69, 9.17) is 9.47 Å². The molecule has 2 aliphatic heterocycles. The van der Waals surface area contributed by atoms with Gasteiger partial charge in [-0.15, -0.1) is 11.3 Å². The molecule has 120 valence electrons. The third-order valence-electron chi connectivity index (χ3n) is 4.13. The Morgan fingerprint density at radius 2 is 2.18 bits per heavy atom. The molecule has 0 saturated carbocycles. The zero-order valence-corrected chi connectivity index (χ0v) is 13.9. The minimum absolute atomic E-state index is 0.0678. The summed E-state index contributed by atoms with van der Waals surface area (Å²) in [6.07, 6.45) is -0.412. The van der Waals surface area contributed by atoms with Crippen molar-refractivity contribution in [3.63, 3.8) is 0 Å². The van der Waals surface area contributed by atoms with Crippen LogP contribution in [0, 0.1) is 6.92 Å². The molecule has 0 aromatic carbocycles. The van der Waals surface area contributed by atoms with E-state index in [1.54, 1.807) is 12.0 Å². The molecule has 2 amide bonds. The number of hydrogen-bond acceptors (Lipinski definition) is 6. The first kappa shape index (κ1) is 15.2. The van der Waals surface area contributed by atoms with Crippen molar-refractivity contribution in [1.82, 2.24) is 15.2 Å². The number of ether oxygens (including phenoxy) is 2. The molecule has 7 nitrogen and oxygen atoms in total. The third-order valence-corrected chi connectivity index (χ3v) is 5.58. The highest BCUT2D eigenvalue weighted by Gasteiger charge is 2.52. The summed E-state index contributed by atoms with van der Waals surface area (Å²) in [6, 6.07) is 0. The highest BCUT2D eigenvalue weighted by Crippen LogP contribution is 2.34. The molecule has 2 fully saturated rings. The standard InChI is InChI=1S/C14H19N3O4S/c1-8-9(22-11(16-8)13(2,3)20-4)10(18)17-6-14(7-17)5-15-12(19)21-14/h5-7H2,1-4H3,(H,15,19). The second-order valence-electron chi connectivity index (χ2n) is 6.24. The van der Waals surface area contributed by atoms with Crippen molar-refractivity contribution in [1.29, 1.82) is 0 Å². The molecule has 0 radical (unpaired) electrons. The highest BCUT2D eigenvalue weighted by molar-refractivity contribution is 7.14. The number of nitrogens with zero attached hydrogens (tertiary/aromatic N) is 2. The van der Waals surface area contributed by atoms with Crippen LogP contribution in [0.5, 0.6) is 0 Å². The molecule has 22 heavy (non-hydrogen) atoms. The van der Waals surface area contributed by atoms with Gasteiger partial charge in [0.25, 0.3) is 5.91 Å². The molecular weight excluding hydrogens is 306 g/mol. The van der Waals surface area contributed by atoms with Crippen LogP contribution in [-0.2, 0) is 15.1 Å². The van der Waals surface area contributed by atoms with Crippen LogP contribution in [0.25, 0.3) is 0 Å². The van der Waals surface area contributed by atoms with Gasteiger partial charge in [-0.25, -0.2) is 9.78 Å². The van der Waals surface area contributed by atoms with Crippen LogP contribution in [0.15, 0.2) is 0 Å². The summed E-state index contributed by atoms with van der Waals surface area (Å²) in [6.45, 7) is 6.96. The molecule has 0 unspecified atom stereocenters. The first-order chi connectivity index (χ1) is 10.3. The Balaban J connectivity index is 1.73. The lowest BCUT2D eigenvalue weighted by atomic mass is 9.94. The second kappa shape index (κ2) is 4.92. The van der Waals surface area contributed by atoms with Crippen LogP contribution >= 0.6 is 11.3 Å². The van der Waals surface area contributed by atoms with Gasteiger partial charge in [-0.3, -0.25) is 4.79 Å². The molecule has 1 aromatic rings. The van der Waals surface area contributed by atoms with Gasteiger partial charge in [0.1, 0.15) is 15.5 Å². The van der Waals surface area contributed by atoms with Gasteiger partial charge in [0.15, 0.2) is 5.60 Å². The number of nitrogens with one attached hydrogen (secondary N) is 1. The van der Waals surface area contributed by atoms with Crippen molar-refractivity contribution in [2.24, 2.45) is 0 Å². The maximum Gasteiger partial charge on any atom is 0.408 e. The third kappa shape index (κ3) is 2.36. The fourth-order valence-corrected chi connectivity index (χ4v) is 3.67. The molecule has 3 rings (SSSR count). The van der Waals surface area contributed by atoms with Gasteiger partial charge in [0.2, 0.25) is 0 Å². The summed E-state index contributed by atoms with van der Waals surface area (Å²) in [5.41, 5.74) is -0.354. The molecule has 2 aliphatic rings. The smallest absolute Gasteiger partial charge is 0.408 e. The quantitative estimate of drug-likeness (QED) is 0.905. The number of likely N-dealkylation sites (tertiary alicyclic amines) is 1. The Hall–Kier alpha value is -1.67. The molecule has 2 saturated heterocycles. The van der Waals surface area contributed by atoms with E-state index in [0.717, 1.165) is 5.01 Å². The average molecular weight is 325 g/mol. The average Bonchev–Trinajstić information content (AvgIpc) is 3.00. The van der Waals surface area contributed by atoms with Crippen LogP contribution < -0.4 is 5.32 Å². The Morgan fingerprint density at radius 3 is 2.73 bits per heavy atom. The topological polar surface area (TPSA) is 80.8 Å². The Kier molecular flexibility index (Phi) is 3.41. The number of carbonyl (C=O) groups is 2. The van der Waals surface area contributed by atoms with E-state index in [9.17, 15) is 9.59 Å². The van der Waals surface area contributed by atoms with Gasteiger partial charge < -0.3 is 19.7 Å². The molecular formula is C14H19N3O4S. The fourth-order valence-electron chi connectivity index (χ4n) is 2.55. The van der Waals surface area contributed by atoms with E-state index < -0.39 is 17.3 Å². The van der Waals surface area contributed by atoms with E-state index >= 15 is 0 Å². The first-order valence-electron chi connectivity index (χ1n) is 7.05. The zero-order chi connectivity index (χ0) is 16.1. The van der Waals surface area contributed by atoms with Crippen molar-refractivity contribution in [3.8, 4) is 0 Å². The van der Waals surface area contributed by atoms with Crippen molar-refractivity contribution < 1.29 is 19.1 Å². The number of thiazole rings is 1. The van der Waals surface area contributed by atoms with Crippen molar-refractivity contribution in [3.05, 3.63) is 15.6 Å². The van der Waals surface area contributed by atoms with Gasteiger partial charge in [-0.05, 0) is 20.8 Å². The van der Waals surface area contributed by atoms with E-state index in [1.165, 1.54) is 11.3 Å².